The summed E-state index contributed by atoms with van der Waals surface area (Å²) in [6.07, 6.45) is 6.52. The molecule has 0 aliphatic rings. The highest BCUT2D eigenvalue weighted by Gasteiger charge is 2.18. The Morgan fingerprint density at radius 2 is 1.87 bits per heavy atom. The summed E-state index contributed by atoms with van der Waals surface area (Å²) in [7, 11) is -2.20. The quantitative estimate of drug-likeness (QED) is 0.343. The zero-order chi connectivity index (χ0) is 21.3. The van der Waals surface area contributed by atoms with Gasteiger partial charge in [0.15, 0.2) is 11.3 Å². The molecule has 0 spiro atoms. The maximum Gasteiger partial charge on any atom is 0.246 e. The lowest BCUT2D eigenvalue weighted by Gasteiger charge is -2.12. The molecule has 4 aromatic rings. The zero-order valence-electron chi connectivity index (χ0n) is 16.1. The molecular formula is C21H18BrNO5S2. The standard InChI is InChI=1S/C21H18BrNO5S2/c1-23-30(24,25)18(29-2)11-15-4-3-14-5-7-27-20(14)21(15)28-12-13-9-16-6-8-26-19(16)17(22)10-13/h3-11,23H,12H2,1-2H3/b18-11+. The highest BCUT2D eigenvalue weighted by atomic mass is 79.9. The van der Waals surface area contributed by atoms with Crippen molar-refractivity contribution in [2.45, 2.75) is 6.61 Å². The van der Waals surface area contributed by atoms with Crippen molar-refractivity contribution in [2.75, 3.05) is 13.3 Å². The highest BCUT2D eigenvalue weighted by Crippen LogP contribution is 2.35. The lowest BCUT2D eigenvalue weighted by Crippen LogP contribution is -2.18. The van der Waals surface area contributed by atoms with Crippen molar-refractivity contribution in [3.63, 3.8) is 0 Å². The molecule has 2 heterocycles. The van der Waals surface area contributed by atoms with Crippen LogP contribution in [0.25, 0.3) is 28.0 Å². The Bertz CT molecular complexity index is 1350. The van der Waals surface area contributed by atoms with Crippen molar-refractivity contribution in [1.82, 2.24) is 4.72 Å². The molecule has 0 saturated heterocycles. The topological polar surface area (TPSA) is 81.7 Å². The molecule has 0 bridgehead atoms. The van der Waals surface area contributed by atoms with Gasteiger partial charge in [0.2, 0.25) is 10.0 Å². The number of fused-ring (bicyclic) bond motifs is 2. The van der Waals surface area contributed by atoms with Crippen molar-refractivity contribution in [3.05, 3.63) is 68.8 Å². The first-order valence-corrected chi connectivity index (χ1v) is 12.4. The Hall–Kier alpha value is -2.20. The van der Waals surface area contributed by atoms with Crippen LogP contribution in [0.2, 0.25) is 0 Å². The van der Waals surface area contributed by atoms with Gasteiger partial charge in [-0.2, -0.15) is 0 Å². The molecule has 0 aliphatic heterocycles. The molecule has 2 aromatic carbocycles. The summed E-state index contributed by atoms with van der Waals surface area (Å²) < 4.78 is 45.2. The fourth-order valence-electron chi connectivity index (χ4n) is 3.09. The highest BCUT2D eigenvalue weighted by molar-refractivity contribution is 9.10. The van der Waals surface area contributed by atoms with Gasteiger partial charge in [-0.05, 0) is 65.1 Å². The van der Waals surface area contributed by atoms with Gasteiger partial charge in [-0.3, -0.25) is 0 Å². The third-order valence-corrected chi connectivity index (χ3v) is 8.02. The van der Waals surface area contributed by atoms with E-state index in [1.807, 2.05) is 36.4 Å². The molecule has 0 fully saturated rings. The van der Waals surface area contributed by atoms with Crippen molar-refractivity contribution in [3.8, 4) is 5.75 Å². The Kier molecular flexibility index (Phi) is 5.97. The van der Waals surface area contributed by atoms with E-state index in [9.17, 15) is 8.42 Å². The average Bonchev–Trinajstić information content (AvgIpc) is 3.40. The molecule has 6 nitrogen and oxygen atoms in total. The third-order valence-electron chi connectivity index (χ3n) is 4.56. The Labute approximate surface area is 186 Å². The smallest absolute Gasteiger partial charge is 0.246 e. The summed E-state index contributed by atoms with van der Waals surface area (Å²) in [6.45, 7) is 0.272. The van der Waals surface area contributed by atoms with Gasteiger partial charge in [0, 0.05) is 16.3 Å². The Morgan fingerprint density at radius 3 is 2.60 bits per heavy atom. The van der Waals surface area contributed by atoms with E-state index < -0.39 is 10.0 Å². The lowest BCUT2D eigenvalue weighted by molar-refractivity contribution is 0.304. The normalized spacial score (nSPS) is 12.7. The molecule has 1 N–H and O–H groups in total. The monoisotopic (exact) mass is 507 g/mol. The summed E-state index contributed by atoms with van der Waals surface area (Å²) in [5.74, 6) is 0.485. The summed E-state index contributed by atoms with van der Waals surface area (Å²) in [5.41, 5.74) is 2.89. The van der Waals surface area contributed by atoms with Gasteiger partial charge in [0.1, 0.15) is 16.4 Å². The first-order valence-electron chi connectivity index (χ1n) is 8.91. The van der Waals surface area contributed by atoms with E-state index in [1.165, 1.54) is 7.05 Å². The number of furan rings is 2. The third kappa shape index (κ3) is 4.02. The molecule has 2 aromatic heterocycles. The van der Waals surface area contributed by atoms with Crippen LogP contribution in [0.1, 0.15) is 11.1 Å². The van der Waals surface area contributed by atoms with E-state index >= 15 is 0 Å². The number of nitrogens with one attached hydrogen (secondary N) is 1. The minimum absolute atomic E-state index is 0.184. The summed E-state index contributed by atoms with van der Waals surface area (Å²) in [4.78, 5) is 0. The molecule has 156 valence electrons. The fraction of sp³-hybridized carbons (Fsp3) is 0.143. The van der Waals surface area contributed by atoms with Crippen LogP contribution in [-0.4, -0.2) is 21.7 Å². The number of hydrogen-bond donors (Lipinski definition) is 1. The van der Waals surface area contributed by atoms with E-state index in [4.69, 9.17) is 13.6 Å². The van der Waals surface area contributed by atoms with Gasteiger partial charge in [-0.25, -0.2) is 13.1 Å². The number of benzene rings is 2. The van der Waals surface area contributed by atoms with E-state index in [2.05, 4.69) is 20.7 Å². The second-order valence-electron chi connectivity index (χ2n) is 6.40. The van der Waals surface area contributed by atoms with Gasteiger partial charge in [0.25, 0.3) is 0 Å². The van der Waals surface area contributed by atoms with Gasteiger partial charge in [-0.15, -0.1) is 11.8 Å². The molecule has 0 unspecified atom stereocenters. The largest absolute Gasteiger partial charge is 0.484 e. The number of ether oxygens (including phenoxy) is 1. The summed E-state index contributed by atoms with van der Waals surface area (Å²) >= 11 is 4.66. The van der Waals surface area contributed by atoms with Crippen molar-refractivity contribution < 1.29 is 22.0 Å². The maximum absolute atomic E-state index is 12.3. The van der Waals surface area contributed by atoms with Crippen LogP contribution in [0, 0.1) is 0 Å². The average molecular weight is 508 g/mol. The second kappa shape index (κ2) is 8.50. The zero-order valence-corrected chi connectivity index (χ0v) is 19.4. The summed E-state index contributed by atoms with van der Waals surface area (Å²) in [6, 6.07) is 11.3. The predicted molar refractivity (Wildman–Crippen MR) is 124 cm³/mol. The molecule has 30 heavy (non-hydrogen) atoms. The van der Waals surface area contributed by atoms with Crippen LogP contribution in [0.15, 0.2) is 66.5 Å². The molecule has 0 aliphatic carbocycles. The van der Waals surface area contributed by atoms with Crippen LogP contribution >= 0.6 is 27.7 Å². The van der Waals surface area contributed by atoms with E-state index in [-0.39, 0.29) is 10.8 Å². The van der Waals surface area contributed by atoms with Crippen LogP contribution in [0.4, 0.5) is 0 Å². The number of halogens is 1. The molecule has 0 amide bonds. The molecule has 0 atom stereocenters. The van der Waals surface area contributed by atoms with Crippen molar-refractivity contribution in [2.24, 2.45) is 0 Å². The minimum Gasteiger partial charge on any atom is -0.484 e. The molecule has 4 rings (SSSR count). The van der Waals surface area contributed by atoms with Crippen molar-refractivity contribution in [1.29, 1.82) is 0 Å². The SMILES string of the molecule is CNS(=O)(=O)/C(=C/c1ccc2ccoc2c1OCc1cc(Br)c2occc2c1)SC. The lowest BCUT2D eigenvalue weighted by atomic mass is 10.1. The maximum atomic E-state index is 12.3. The van der Waals surface area contributed by atoms with Crippen LogP contribution in [-0.2, 0) is 16.6 Å². The Morgan fingerprint density at radius 1 is 1.13 bits per heavy atom. The molecule has 0 saturated carbocycles. The van der Waals surface area contributed by atoms with Gasteiger partial charge in [-0.1, -0.05) is 12.1 Å². The molecule has 0 radical (unpaired) electrons. The van der Waals surface area contributed by atoms with Crippen LogP contribution in [0.3, 0.4) is 0 Å². The van der Waals surface area contributed by atoms with Gasteiger partial charge < -0.3 is 13.6 Å². The summed E-state index contributed by atoms with van der Waals surface area (Å²) in [5, 5.41) is 1.83. The first-order chi connectivity index (χ1) is 14.4. The predicted octanol–water partition coefficient (Wildman–Crippen LogP) is 5.73. The Balaban J connectivity index is 1.75. The van der Waals surface area contributed by atoms with E-state index in [0.717, 1.165) is 38.2 Å². The van der Waals surface area contributed by atoms with E-state index in [1.54, 1.807) is 24.9 Å². The minimum atomic E-state index is -3.58. The number of rotatable bonds is 7. The van der Waals surface area contributed by atoms with Crippen molar-refractivity contribution >= 4 is 65.7 Å². The number of thioether (sulfide) groups is 1. The van der Waals surface area contributed by atoms with E-state index in [0.29, 0.717) is 16.9 Å². The fourth-order valence-corrected chi connectivity index (χ4v) is 5.57. The molecule has 9 heteroatoms. The van der Waals surface area contributed by atoms with Gasteiger partial charge in [0.05, 0.1) is 17.0 Å². The number of hydrogen-bond acceptors (Lipinski definition) is 6. The second-order valence-corrected chi connectivity index (χ2v) is 10.2. The van der Waals surface area contributed by atoms with Crippen LogP contribution < -0.4 is 9.46 Å². The van der Waals surface area contributed by atoms with Crippen LogP contribution in [0.5, 0.6) is 5.75 Å². The van der Waals surface area contributed by atoms with Gasteiger partial charge >= 0.3 is 0 Å². The molecular weight excluding hydrogens is 490 g/mol. The number of sulfonamides is 1. The first kappa shape index (κ1) is 21.0.